The molecule has 4 rings (SSSR count). The number of hydrogen-bond donors (Lipinski definition) is 1. The SMILES string of the molecule is Cc1nc2sc3c(c2c(=O)n1NC(=O)c1c(Cl)c(C(F)(F)F)nn1C)CCCCCC3. The minimum absolute atomic E-state index is 0.217. The highest BCUT2D eigenvalue weighted by atomic mass is 35.5. The van der Waals surface area contributed by atoms with Crippen molar-refractivity contribution in [2.45, 2.75) is 51.6 Å². The molecule has 166 valence electrons. The summed E-state index contributed by atoms with van der Waals surface area (Å²) < 4.78 is 40.9. The largest absolute Gasteiger partial charge is 0.436 e. The summed E-state index contributed by atoms with van der Waals surface area (Å²) in [6, 6.07) is 0. The third-order valence-electron chi connectivity index (χ3n) is 5.34. The molecule has 0 atom stereocenters. The zero-order chi connectivity index (χ0) is 22.5. The number of fused-ring (bicyclic) bond motifs is 3. The van der Waals surface area contributed by atoms with Crippen molar-refractivity contribution < 1.29 is 18.0 Å². The number of rotatable bonds is 2. The van der Waals surface area contributed by atoms with Crippen LogP contribution in [0.4, 0.5) is 13.2 Å². The van der Waals surface area contributed by atoms with E-state index in [1.165, 1.54) is 18.4 Å². The number of nitrogens with zero attached hydrogens (tertiary/aromatic N) is 4. The molecule has 0 aliphatic heterocycles. The molecule has 0 bridgehead atoms. The lowest BCUT2D eigenvalue weighted by Gasteiger charge is -2.12. The average Bonchev–Trinajstić information content (AvgIpc) is 3.14. The van der Waals surface area contributed by atoms with E-state index in [-0.39, 0.29) is 5.82 Å². The summed E-state index contributed by atoms with van der Waals surface area (Å²) in [4.78, 5) is 32.2. The molecule has 0 spiro atoms. The lowest BCUT2D eigenvalue weighted by molar-refractivity contribution is -0.141. The zero-order valence-corrected chi connectivity index (χ0v) is 18.3. The zero-order valence-electron chi connectivity index (χ0n) is 16.8. The number of amides is 1. The fourth-order valence-electron chi connectivity index (χ4n) is 3.87. The number of thiophene rings is 1. The van der Waals surface area contributed by atoms with Crippen molar-refractivity contribution in [1.82, 2.24) is 19.4 Å². The molecule has 1 N–H and O–H groups in total. The van der Waals surface area contributed by atoms with Gasteiger partial charge in [0.15, 0.2) is 5.69 Å². The van der Waals surface area contributed by atoms with Crippen LogP contribution in [0.3, 0.4) is 0 Å². The van der Waals surface area contributed by atoms with Gasteiger partial charge in [-0.3, -0.25) is 19.7 Å². The van der Waals surface area contributed by atoms with Crippen LogP contribution in [0, 0.1) is 6.92 Å². The quantitative estimate of drug-likeness (QED) is 0.604. The minimum atomic E-state index is -4.81. The van der Waals surface area contributed by atoms with Gasteiger partial charge in [0.05, 0.1) is 5.39 Å². The first-order valence-electron chi connectivity index (χ1n) is 9.74. The second-order valence-electron chi connectivity index (χ2n) is 7.47. The minimum Gasteiger partial charge on any atom is -0.267 e. The maximum Gasteiger partial charge on any atom is 0.436 e. The maximum absolute atomic E-state index is 13.3. The van der Waals surface area contributed by atoms with Gasteiger partial charge in [-0.25, -0.2) is 9.66 Å². The maximum atomic E-state index is 13.3. The Morgan fingerprint density at radius 3 is 2.52 bits per heavy atom. The summed E-state index contributed by atoms with van der Waals surface area (Å²) in [5.41, 5.74) is 0.993. The Morgan fingerprint density at radius 2 is 1.87 bits per heavy atom. The molecule has 0 saturated carbocycles. The van der Waals surface area contributed by atoms with Gasteiger partial charge in [-0.1, -0.05) is 24.4 Å². The van der Waals surface area contributed by atoms with Crippen LogP contribution in [0.25, 0.3) is 10.2 Å². The monoisotopic (exact) mass is 473 g/mol. The molecule has 1 aliphatic rings. The van der Waals surface area contributed by atoms with E-state index in [2.05, 4.69) is 15.5 Å². The smallest absolute Gasteiger partial charge is 0.267 e. The molecule has 31 heavy (non-hydrogen) atoms. The number of nitrogens with one attached hydrogen (secondary N) is 1. The van der Waals surface area contributed by atoms with E-state index in [4.69, 9.17) is 11.6 Å². The molecule has 1 aliphatic carbocycles. The van der Waals surface area contributed by atoms with Crippen LogP contribution in [0.1, 0.15) is 58.1 Å². The molecule has 7 nitrogen and oxygen atoms in total. The van der Waals surface area contributed by atoms with Crippen LogP contribution < -0.4 is 11.0 Å². The Bertz CT molecular complexity index is 1240. The second-order valence-corrected chi connectivity index (χ2v) is 8.93. The Balaban J connectivity index is 1.77. The molecule has 0 radical (unpaired) electrons. The summed E-state index contributed by atoms with van der Waals surface area (Å²) >= 11 is 7.28. The van der Waals surface area contributed by atoms with Gasteiger partial charge in [0.2, 0.25) is 0 Å². The third-order valence-corrected chi connectivity index (χ3v) is 6.89. The van der Waals surface area contributed by atoms with Crippen molar-refractivity contribution in [2.24, 2.45) is 7.05 Å². The Labute approximate surface area is 183 Å². The van der Waals surface area contributed by atoms with E-state index in [1.54, 1.807) is 6.92 Å². The summed E-state index contributed by atoms with van der Waals surface area (Å²) in [5, 5.41) is 2.94. The van der Waals surface area contributed by atoms with E-state index in [1.807, 2.05) is 0 Å². The molecule has 0 saturated heterocycles. The van der Waals surface area contributed by atoms with E-state index in [0.29, 0.717) is 10.2 Å². The van der Waals surface area contributed by atoms with Crippen LogP contribution in [0.5, 0.6) is 0 Å². The summed E-state index contributed by atoms with van der Waals surface area (Å²) in [6.45, 7) is 1.55. The van der Waals surface area contributed by atoms with E-state index >= 15 is 0 Å². The third kappa shape index (κ3) is 3.84. The number of carbonyl (C=O) groups excluding carboxylic acids is 1. The molecule has 3 heterocycles. The fourth-order valence-corrected chi connectivity index (χ4v) is 5.52. The Morgan fingerprint density at radius 1 is 1.19 bits per heavy atom. The normalized spacial score (nSPS) is 14.9. The number of alkyl halides is 3. The topological polar surface area (TPSA) is 81.8 Å². The summed E-state index contributed by atoms with van der Waals surface area (Å²) in [5.74, 6) is -0.769. The van der Waals surface area contributed by atoms with Gasteiger partial charge in [0, 0.05) is 11.9 Å². The van der Waals surface area contributed by atoms with Crippen LogP contribution in [-0.2, 0) is 26.1 Å². The predicted octanol–water partition coefficient (Wildman–Crippen LogP) is 4.22. The Hall–Kier alpha value is -2.40. The summed E-state index contributed by atoms with van der Waals surface area (Å²) in [7, 11) is 1.18. The van der Waals surface area contributed by atoms with Gasteiger partial charge in [0.25, 0.3) is 11.5 Å². The van der Waals surface area contributed by atoms with Crippen molar-refractivity contribution in [1.29, 1.82) is 0 Å². The highest BCUT2D eigenvalue weighted by Gasteiger charge is 2.40. The van der Waals surface area contributed by atoms with Gasteiger partial charge in [0.1, 0.15) is 21.4 Å². The first-order valence-corrected chi connectivity index (χ1v) is 10.9. The lowest BCUT2D eigenvalue weighted by Crippen LogP contribution is -2.36. The molecule has 3 aromatic heterocycles. The van der Waals surface area contributed by atoms with E-state index in [0.717, 1.165) is 58.3 Å². The van der Waals surface area contributed by atoms with Crippen molar-refractivity contribution in [2.75, 3.05) is 5.43 Å². The van der Waals surface area contributed by atoms with Crippen molar-refractivity contribution >= 4 is 39.1 Å². The van der Waals surface area contributed by atoms with E-state index in [9.17, 15) is 22.8 Å². The molecule has 0 unspecified atom stereocenters. The average molecular weight is 474 g/mol. The number of halogens is 4. The standard InChI is InChI=1S/C19H19ClF3N5O2S/c1-9-24-17-12(10-7-5-3-4-6-8-11(10)31-17)18(30)28(9)26-16(29)14-13(20)15(19(21,22)23)25-27(14)2/h3-8H2,1-2H3,(H,26,29). The van der Waals surface area contributed by atoms with Gasteiger partial charge in [-0.2, -0.15) is 18.3 Å². The molecule has 1 amide bonds. The Kier molecular flexibility index (Phi) is 5.59. The van der Waals surface area contributed by atoms with Crippen LogP contribution in [0.2, 0.25) is 5.02 Å². The van der Waals surface area contributed by atoms with E-state index < -0.39 is 34.1 Å². The molecule has 3 aromatic rings. The second kappa shape index (κ2) is 7.94. The number of aryl methyl sites for hydroxylation is 4. The van der Waals surface area contributed by atoms with Crippen molar-refractivity contribution in [3.8, 4) is 0 Å². The van der Waals surface area contributed by atoms with Gasteiger partial charge < -0.3 is 0 Å². The summed E-state index contributed by atoms with van der Waals surface area (Å²) in [6.07, 6.45) is 1.06. The van der Waals surface area contributed by atoms with Gasteiger partial charge in [-0.15, -0.1) is 11.3 Å². The molecule has 0 aromatic carbocycles. The highest BCUT2D eigenvalue weighted by Crippen LogP contribution is 2.35. The van der Waals surface area contributed by atoms with Gasteiger partial charge >= 0.3 is 6.18 Å². The van der Waals surface area contributed by atoms with Crippen LogP contribution in [-0.4, -0.2) is 25.3 Å². The number of carbonyl (C=O) groups is 1. The first-order chi connectivity index (χ1) is 14.6. The van der Waals surface area contributed by atoms with Crippen molar-refractivity contribution in [3.63, 3.8) is 0 Å². The highest BCUT2D eigenvalue weighted by molar-refractivity contribution is 7.18. The van der Waals surface area contributed by atoms with Gasteiger partial charge in [-0.05, 0) is 38.2 Å². The number of hydrogen-bond acceptors (Lipinski definition) is 5. The lowest BCUT2D eigenvalue weighted by atomic mass is 9.98. The molecular weight excluding hydrogens is 455 g/mol. The molecule has 0 fully saturated rings. The first kappa shape index (κ1) is 21.8. The number of aromatic nitrogens is 4. The fraction of sp³-hybridized carbons (Fsp3) is 0.474. The molecular formula is C19H19ClF3N5O2S. The van der Waals surface area contributed by atoms with Crippen molar-refractivity contribution in [3.05, 3.63) is 43.0 Å². The molecule has 12 heteroatoms. The van der Waals surface area contributed by atoms with Crippen LogP contribution >= 0.6 is 22.9 Å². The van der Waals surface area contributed by atoms with Crippen LogP contribution in [0.15, 0.2) is 4.79 Å². The predicted molar refractivity (Wildman–Crippen MR) is 111 cm³/mol.